The summed E-state index contributed by atoms with van der Waals surface area (Å²) in [6, 6.07) is 9.89. The van der Waals surface area contributed by atoms with Gasteiger partial charge in [-0.25, -0.2) is 8.42 Å². The lowest BCUT2D eigenvalue weighted by Gasteiger charge is -2.15. The Balaban J connectivity index is 2.40. The van der Waals surface area contributed by atoms with E-state index in [1.807, 2.05) is 19.9 Å². The fourth-order valence-electron chi connectivity index (χ4n) is 2.17. The fraction of sp³-hybridized carbons (Fsp3) is 0.250. The van der Waals surface area contributed by atoms with Crippen LogP contribution in [0.1, 0.15) is 11.1 Å². The highest BCUT2D eigenvalue weighted by Gasteiger charge is 2.18. The summed E-state index contributed by atoms with van der Waals surface area (Å²) in [5, 5.41) is 0. The molecule has 118 valence electrons. The third-order valence-corrected chi connectivity index (χ3v) is 4.64. The quantitative estimate of drug-likeness (QED) is 0.919. The van der Waals surface area contributed by atoms with Crippen LogP contribution >= 0.6 is 0 Å². The van der Waals surface area contributed by atoms with Crippen LogP contribution in [-0.4, -0.2) is 22.6 Å². The Morgan fingerprint density at radius 3 is 2.14 bits per heavy atom. The number of hydrogen-bond acceptors (Lipinski definition) is 4. The number of anilines is 1. The lowest BCUT2D eigenvalue weighted by Crippen LogP contribution is -2.14. The van der Waals surface area contributed by atoms with Gasteiger partial charge in [0, 0.05) is 0 Å². The van der Waals surface area contributed by atoms with Gasteiger partial charge in [0.05, 0.1) is 24.8 Å². The molecule has 5 nitrogen and oxygen atoms in total. The molecular formula is C16H19NO4S. The summed E-state index contributed by atoms with van der Waals surface area (Å²) in [4.78, 5) is 0.162. The van der Waals surface area contributed by atoms with Crippen LogP contribution in [0.25, 0.3) is 0 Å². The Labute approximate surface area is 130 Å². The van der Waals surface area contributed by atoms with Crippen LogP contribution in [0.15, 0.2) is 41.3 Å². The molecule has 0 aromatic heterocycles. The molecule has 0 radical (unpaired) electrons. The largest absolute Gasteiger partial charge is 0.497 e. The number of methoxy groups -OCH3 is 2. The molecule has 0 saturated heterocycles. The molecule has 0 aliphatic rings. The number of benzene rings is 2. The third-order valence-electron chi connectivity index (χ3n) is 3.27. The molecule has 6 heteroatoms. The Morgan fingerprint density at radius 1 is 0.955 bits per heavy atom. The zero-order valence-corrected chi connectivity index (χ0v) is 13.8. The maximum absolute atomic E-state index is 12.5. The maximum Gasteiger partial charge on any atom is 0.262 e. The van der Waals surface area contributed by atoms with E-state index in [9.17, 15) is 8.42 Å². The molecule has 0 aliphatic heterocycles. The van der Waals surface area contributed by atoms with Gasteiger partial charge in [-0.15, -0.1) is 0 Å². The minimum absolute atomic E-state index is 0.162. The van der Waals surface area contributed by atoms with Crippen molar-refractivity contribution in [3.05, 3.63) is 47.5 Å². The average Bonchev–Trinajstić information content (AvgIpc) is 2.49. The molecule has 0 spiro atoms. The summed E-state index contributed by atoms with van der Waals surface area (Å²) >= 11 is 0. The van der Waals surface area contributed by atoms with Crippen LogP contribution in [-0.2, 0) is 10.0 Å². The van der Waals surface area contributed by atoms with Gasteiger partial charge < -0.3 is 9.47 Å². The molecule has 2 rings (SSSR count). The van der Waals surface area contributed by atoms with Crippen LogP contribution in [0, 0.1) is 13.8 Å². The number of aryl methyl sites for hydroxylation is 2. The van der Waals surface area contributed by atoms with E-state index in [2.05, 4.69) is 4.72 Å². The van der Waals surface area contributed by atoms with Crippen molar-refractivity contribution in [3.63, 3.8) is 0 Å². The van der Waals surface area contributed by atoms with Gasteiger partial charge in [0.1, 0.15) is 11.5 Å². The Kier molecular flexibility index (Phi) is 4.61. The van der Waals surface area contributed by atoms with E-state index < -0.39 is 10.0 Å². The van der Waals surface area contributed by atoms with E-state index in [1.54, 1.807) is 18.2 Å². The third kappa shape index (κ3) is 3.33. The molecule has 2 aromatic carbocycles. The first-order chi connectivity index (χ1) is 10.4. The van der Waals surface area contributed by atoms with Crippen LogP contribution in [0.4, 0.5) is 5.69 Å². The van der Waals surface area contributed by atoms with Crippen molar-refractivity contribution >= 4 is 15.7 Å². The van der Waals surface area contributed by atoms with Crippen molar-refractivity contribution in [1.82, 2.24) is 0 Å². The monoisotopic (exact) mass is 321 g/mol. The van der Waals surface area contributed by atoms with Crippen molar-refractivity contribution in [2.24, 2.45) is 0 Å². The molecule has 2 aromatic rings. The molecule has 0 bridgehead atoms. The number of nitrogens with one attached hydrogen (secondary N) is 1. The van der Waals surface area contributed by atoms with Gasteiger partial charge in [0.2, 0.25) is 0 Å². The van der Waals surface area contributed by atoms with Crippen LogP contribution in [0.3, 0.4) is 0 Å². The van der Waals surface area contributed by atoms with Gasteiger partial charge in [-0.1, -0.05) is 6.07 Å². The Bertz CT molecular complexity index is 767. The summed E-state index contributed by atoms with van der Waals surface area (Å²) < 4.78 is 37.9. The van der Waals surface area contributed by atoms with Gasteiger partial charge in [-0.2, -0.15) is 0 Å². The predicted molar refractivity (Wildman–Crippen MR) is 86.3 cm³/mol. The number of rotatable bonds is 5. The SMILES string of the molecule is COc1ccc(S(=O)(=O)Nc2c(C)cc(C)cc2OC)cc1. The maximum atomic E-state index is 12.5. The number of sulfonamides is 1. The van der Waals surface area contributed by atoms with Gasteiger partial charge in [-0.05, 0) is 55.3 Å². The van der Waals surface area contributed by atoms with Crippen LogP contribution < -0.4 is 14.2 Å². The number of hydrogen-bond donors (Lipinski definition) is 1. The van der Waals surface area contributed by atoms with Gasteiger partial charge in [0.25, 0.3) is 10.0 Å². The van der Waals surface area contributed by atoms with Crippen molar-refractivity contribution in [2.45, 2.75) is 18.7 Å². The van der Waals surface area contributed by atoms with E-state index in [4.69, 9.17) is 9.47 Å². The second-order valence-electron chi connectivity index (χ2n) is 4.94. The van der Waals surface area contributed by atoms with E-state index in [1.165, 1.54) is 26.4 Å². The van der Waals surface area contributed by atoms with Crippen molar-refractivity contribution in [3.8, 4) is 11.5 Å². The zero-order chi connectivity index (χ0) is 16.3. The molecule has 1 N–H and O–H groups in total. The number of ether oxygens (including phenoxy) is 2. The Hall–Kier alpha value is -2.21. The molecule has 0 unspecified atom stereocenters. The van der Waals surface area contributed by atoms with Crippen molar-refractivity contribution < 1.29 is 17.9 Å². The van der Waals surface area contributed by atoms with Crippen molar-refractivity contribution in [2.75, 3.05) is 18.9 Å². The van der Waals surface area contributed by atoms with Crippen LogP contribution in [0.5, 0.6) is 11.5 Å². The first-order valence-corrected chi connectivity index (χ1v) is 8.18. The van der Waals surface area contributed by atoms with Crippen molar-refractivity contribution in [1.29, 1.82) is 0 Å². The van der Waals surface area contributed by atoms with E-state index >= 15 is 0 Å². The summed E-state index contributed by atoms with van der Waals surface area (Å²) in [6.07, 6.45) is 0. The fourth-order valence-corrected chi connectivity index (χ4v) is 3.31. The standard InChI is InChI=1S/C16H19NO4S/c1-11-9-12(2)16(15(10-11)21-4)17-22(18,19)14-7-5-13(20-3)6-8-14/h5-10,17H,1-4H3. The van der Waals surface area contributed by atoms with Gasteiger partial charge in [0.15, 0.2) is 0 Å². The van der Waals surface area contributed by atoms with Gasteiger partial charge >= 0.3 is 0 Å². The minimum atomic E-state index is -3.69. The molecule has 0 atom stereocenters. The second kappa shape index (κ2) is 6.27. The highest BCUT2D eigenvalue weighted by atomic mass is 32.2. The van der Waals surface area contributed by atoms with Gasteiger partial charge in [-0.3, -0.25) is 4.72 Å². The lowest BCUT2D eigenvalue weighted by molar-refractivity contribution is 0.414. The normalized spacial score (nSPS) is 11.1. The first-order valence-electron chi connectivity index (χ1n) is 6.69. The first kappa shape index (κ1) is 16.2. The highest BCUT2D eigenvalue weighted by Crippen LogP contribution is 2.31. The Morgan fingerprint density at radius 2 is 1.59 bits per heavy atom. The molecule has 0 saturated carbocycles. The highest BCUT2D eigenvalue weighted by molar-refractivity contribution is 7.92. The lowest BCUT2D eigenvalue weighted by atomic mass is 10.1. The zero-order valence-electron chi connectivity index (χ0n) is 13.0. The smallest absolute Gasteiger partial charge is 0.262 e. The van der Waals surface area contributed by atoms with E-state index in [0.29, 0.717) is 17.2 Å². The van der Waals surface area contributed by atoms with Crippen LogP contribution in [0.2, 0.25) is 0 Å². The second-order valence-corrected chi connectivity index (χ2v) is 6.62. The molecule has 0 heterocycles. The summed E-state index contributed by atoms with van der Waals surface area (Å²) in [6.45, 7) is 3.76. The molecule has 22 heavy (non-hydrogen) atoms. The molecule has 0 aliphatic carbocycles. The minimum Gasteiger partial charge on any atom is -0.497 e. The summed E-state index contributed by atoms with van der Waals surface area (Å²) in [5.41, 5.74) is 2.25. The average molecular weight is 321 g/mol. The topological polar surface area (TPSA) is 64.6 Å². The predicted octanol–water partition coefficient (Wildman–Crippen LogP) is 3.12. The summed E-state index contributed by atoms with van der Waals surface area (Å²) in [5.74, 6) is 1.10. The summed E-state index contributed by atoms with van der Waals surface area (Å²) in [7, 11) is -0.648. The van der Waals surface area contributed by atoms with E-state index in [0.717, 1.165) is 11.1 Å². The molecule has 0 fully saturated rings. The molecular weight excluding hydrogens is 302 g/mol. The van der Waals surface area contributed by atoms with E-state index in [-0.39, 0.29) is 4.90 Å². The molecule has 0 amide bonds.